The molecule has 2 aliphatic heterocycles. The Morgan fingerprint density at radius 2 is 1.71 bits per heavy atom. The molecule has 0 N–H and O–H groups in total. The quantitative estimate of drug-likeness (QED) is 0.723. The third-order valence-electron chi connectivity index (χ3n) is 5.66. The van der Waals surface area contributed by atoms with Crippen LogP contribution in [0.2, 0.25) is 0 Å². The molecule has 2 heterocycles. The Morgan fingerprint density at radius 3 is 2.24 bits per heavy atom. The highest BCUT2D eigenvalue weighted by Gasteiger charge is 2.40. The third kappa shape index (κ3) is 3.57. The van der Waals surface area contributed by atoms with Gasteiger partial charge < -0.3 is 0 Å². The van der Waals surface area contributed by atoms with Gasteiger partial charge in [0, 0.05) is 31.6 Å². The second kappa shape index (κ2) is 7.16. The molecule has 0 spiro atoms. The Morgan fingerprint density at radius 1 is 1.10 bits per heavy atom. The molecule has 21 heavy (non-hydrogen) atoms. The Labute approximate surface area is 135 Å². The summed E-state index contributed by atoms with van der Waals surface area (Å²) in [6.07, 6.45) is 7.19. The van der Waals surface area contributed by atoms with E-state index in [9.17, 15) is 8.42 Å². The van der Waals surface area contributed by atoms with Crippen LogP contribution in [0.25, 0.3) is 0 Å². The van der Waals surface area contributed by atoms with Gasteiger partial charge in [-0.1, -0.05) is 33.1 Å². The number of hydrogen-bond donors (Lipinski definition) is 0. The minimum Gasteiger partial charge on any atom is -0.195 e. The number of hydrogen-bond acceptors (Lipinski definition) is 2. The molecule has 6 heteroatoms. The maximum Gasteiger partial charge on any atom is 0.282 e. The second-order valence-corrected chi connectivity index (χ2v) is 8.72. The molecule has 0 aromatic rings. The molecule has 0 aromatic heterocycles. The van der Waals surface area contributed by atoms with Gasteiger partial charge in [0.2, 0.25) is 0 Å². The summed E-state index contributed by atoms with van der Waals surface area (Å²) in [6, 6.07) is -0.0190. The predicted molar refractivity (Wildman–Crippen MR) is 87.8 cm³/mol. The maximum atomic E-state index is 12.9. The van der Waals surface area contributed by atoms with Gasteiger partial charge >= 0.3 is 0 Å². The molecule has 2 saturated heterocycles. The van der Waals surface area contributed by atoms with Gasteiger partial charge in [-0.05, 0) is 31.1 Å². The summed E-state index contributed by atoms with van der Waals surface area (Å²) in [7, 11) is -3.33. The molecule has 0 radical (unpaired) electrons. The minimum absolute atomic E-state index is 0.0190. The maximum absolute atomic E-state index is 12.9. The van der Waals surface area contributed by atoms with E-state index in [4.69, 9.17) is 11.6 Å². The van der Waals surface area contributed by atoms with Crippen LogP contribution in [0.4, 0.5) is 0 Å². The summed E-state index contributed by atoms with van der Waals surface area (Å²) in [5.41, 5.74) is 0.347. The highest BCUT2D eigenvalue weighted by atomic mass is 35.5. The lowest BCUT2D eigenvalue weighted by atomic mass is 9.75. The standard InChI is InChI=1S/C15H29ClN2O2S/c1-3-15(4-2)8-11-17(12-9-15)21(19,20)18-10-6-5-7-14(18)13-16/h14H,3-13H2,1-2H3. The molecule has 124 valence electrons. The van der Waals surface area contributed by atoms with Gasteiger partial charge in [0.05, 0.1) is 0 Å². The Kier molecular flexibility index (Phi) is 5.97. The van der Waals surface area contributed by atoms with Crippen LogP contribution >= 0.6 is 11.6 Å². The number of nitrogens with zero attached hydrogens (tertiary/aromatic N) is 2. The first-order valence-electron chi connectivity index (χ1n) is 8.32. The molecule has 0 aromatic carbocycles. The van der Waals surface area contributed by atoms with Crippen LogP contribution in [-0.4, -0.2) is 48.6 Å². The van der Waals surface area contributed by atoms with E-state index < -0.39 is 10.2 Å². The van der Waals surface area contributed by atoms with Crippen LogP contribution in [0.3, 0.4) is 0 Å². The summed E-state index contributed by atoms with van der Waals surface area (Å²) in [4.78, 5) is 0. The first-order valence-corrected chi connectivity index (χ1v) is 10.2. The zero-order chi connectivity index (χ0) is 15.5. The zero-order valence-corrected chi connectivity index (χ0v) is 14.9. The van der Waals surface area contributed by atoms with Crippen molar-refractivity contribution in [3.05, 3.63) is 0 Å². The Balaban J connectivity index is 2.07. The predicted octanol–water partition coefficient (Wildman–Crippen LogP) is 3.23. The van der Waals surface area contributed by atoms with Gasteiger partial charge in [-0.25, -0.2) is 0 Å². The van der Waals surface area contributed by atoms with Gasteiger partial charge in [0.15, 0.2) is 0 Å². The smallest absolute Gasteiger partial charge is 0.195 e. The number of piperidine rings is 2. The molecular weight excluding hydrogens is 308 g/mol. The summed E-state index contributed by atoms with van der Waals surface area (Å²) in [5.74, 6) is 0.404. The van der Waals surface area contributed by atoms with E-state index in [1.54, 1.807) is 8.61 Å². The average Bonchev–Trinajstić information content (AvgIpc) is 2.54. The molecule has 0 bridgehead atoms. The summed E-state index contributed by atoms with van der Waals surface area (Å²) < 4.78 is 29.1. The SMILES string of the molecule is CCC1(CC)CCN(S(=O)(=O)N2CCCCC2CCl)CC1. The Hall–Kier alpha value is 0.160. The van der Waals surface area contributed by atoms with Crippen LogP contribution in [-0.2, 0) is 10.2 Å². The Bertz CT molecular complexity index is 427. The van der Waals surface area contributed by atoms with Crippen molar-refractivity contribution >= 4 is 21.8 Å². The molecule has 1 unspecified atom stereocenters. The molecule has 0 amide bonds. The van der Waals surface area contributed by atoms with Crippen molar-refractivity contribution in [3.8, 4) is 0 Å². The summed E-state index contributed by atoms with van der Waals surface area (Å²) >= 11 is 5.99. The van der Waals surface area contributed by atoms with Gasteiger partial charge in [0.25, 0.3) is 10.2 Å². The molecule has 2 fully saturated rings. The fourth-order valence-electron chi connectivity index (χ4n) is 3.73. The van der Waals surface area contributed by atoms with E-state index in [-0.39, 0.29) is 6.04 Å². The fourth-order valence-corrected chi connectivity index (χ4v) is 5.99. The van der Waals surface area contributed by atoms with E-state index in [1.807, 2.05) is 0 Å². The van der Waals surface area contributed by atoms with E-state index in [2.05, 4.69) is 13.8 Å². The van der Waals surface area contributed by atoms with Crippen LogP contribution in [0.15, 0.2) is 0 Å². The van der Waals surface area contributed by atoms with Crippen molar-refractivity contribution in [1.29, 1.82) is 0 Å². The van der Waals surface area contributed by atoms with Gasteiger partial charge in [-0.2, -0.15) is 17.0 Å². The van der Waals surface area contributed by atoms with E-state index in [1.165, 1.54) is 0 Å². The summed E-state index contributed by atoms with van der Waals surface area (Å²) in [5, 5.41) is 0. The van der Waals surface area contributed by atoms with Crippen molar-refractivity contribution in [2.75, 3.05) is 25.5 Å². The normalized spacial score (nSPS) is 28.6. The van der Waals surface area contributed by atoms with Crippen molar-refractivity contribution in [1.82, 2.24) is 8.61 Å². The highest BCUT2D eigenvalue weighted by molar-refractivity contribution is 7.86. The van der Waals surface area contributed by atoms with Gasteiger partial charge in [0.1, 0.15) is 0 Å². The lowest BCUT2D eigenvalue weighted by molar-refractivity contribution is 0.133. The van der Waals surface area contributed by atoms with Crippen LogP contribution in [0, 0.1) is 5.41 Å². The summed E-state index contributed by atoms with van der Waals surface area (Å²) in [6.45, 7) is 6.40. The highest BCUT2D eigenvalue weighted by Crippen LogP contribution is 2.39. The second-order valence-electron chi connectivity index (χ2n) is 6.53. The molecule has 4 nitrogen and oxygen atoms in total. The van der Waals surface area contributed by atoms with Gasteiger partial charge in [-0.3, -0.25) is 0 Å². The largest absolute Gasteiger partial charge is 0.282 e. The van der Waals surface area contributed by atoms with E-state index in [0.29, 0.717) is 30.9 Å². The number of halogens is 1. The lowest BCUT2D eigenvalue weighted by Gasteiger charge is -2.43. The van der Waals surface area contributed by atoms with Crippen molar-refractivity contribution in [2.24, 2.45) is 5.41 Å². The minimum atomic E-state index is -3.33. The van der Waals surface area contributed by atoms with E-state index >= 15 is 0 Å². The van der Waals surface area contributed by atoms with Crippen LogP contribution < -0.4 is 0 Å². The van der Waals surface area contributed by atoms with Crippen LogP contribution in [0.5, 0.6) is 0 Å². The average molecular weight is 337 g/mol. The lowest BCUT2D eigenvalue weighted by Crippen LogP contribution is -2.54. The topological polar surface area (TPSA) is 40.6 Å². The van der Waals surface area contributed by atoms with Crippen LogP contribution in [0.1, 0.15) is 58.8 Å². The first kappa shape index (κ1) is 17.5. The molecular formula is C15H29ClN2O2S. The monoisotopic (exact) mass is 336 g/mol. The number of alkyl halides is 1. The molecule has 1 atom stereocenters. The van der Waals surface area contributed by atoms with Gasteiger partial charge in [-0.15, -0.1) is 11.6 Å². The van der Waals surface area contributed by atoms with Crippen molar-refractivity contribution in [3.63, 3.8) is 0 Å². The molecule has 0 aliphatic carbocycles. The van der Waals surface area contributed by atoms with Crippen molar-refractivity contribution < 1.29 is 8.42 Å². The van der Waals surface area contributed by atoms with E-state index in [0.717, 1.165) is 44.9 Å². The molecule has 2 aliphatic rings. The van der Waals surface area contributed by atoms with Crippen molar-refractivity contribution in [2.45, 2.75) is 64.8 Å². The third-order valence-corrected chi connectivity index (χ3v) is 8.10. The fraction of sp³-hybridized carbons (Fsp3) is 1.00. The first-order chi connectivity index (χ1) is 9.99. The number of rotatable bonds is 5. The molecule has 0 saturated carbocycles. The zero-order valence-electron chi connectivity index (χ0n) is 13.4. The molecule has 2 rings (SSSR count).